The molecule has 0 aliphatic heterocycles. The van der Waals surface area contributed by atoms with Gasteiger partial charge >= 0.3 is 12.2 Å². The Labute approximate surface area is 309 Å². The van der Waals surface area contributed by atoms with E-state index in [0.717, 1.165) is 6.07 Å². The van der Waals surface area contributed by atoms with E-state index >= 15 is 8.78 Å². The van der Waals surface area contributed by atoms with Gasteiger partial charge in [-0.15, -0.1) is 23.2 Å². The number of hydrogen-bond acceptors (Lipinski definition) is 5. The Morgan fingerprint density at radius 2 is 1.55 bits per heavy atom. The fraction of sp³-hybridized carbons (Fsp3) is 0.333. The van der Waals surface area contributed by atoms with Gasteiger partial charge in [0.05, 0.1) is 27.2 Å². The first kappa shape index (κ1) is 38.6. The van der Waals surface area contributed by atoms with Crippen LogP contribution in [0.4, 0.5) is 35.4 Å². The Hall–Kier alpha value is -3.16. The monoisotopic (exact) mass is 821 g/mol. The number of nitrogens with one attached hydrogen (secondary N) is 2. The average molecular weight is 824 g/mol. The lowest BCUT2D eigenvalue weighted by Gasteiger charge is -2.28. The minimum Gasteiger partial charge on any atom is -0.464 e. The first-order valence-corrected chi connectivity index (χ1v) is 16.8. The minimum atomic E-state index is -2.03. The number of benzene rings is 3. The third-order valence-electron chi connectivity index (χ3n) is 7.35. The van der Waals surface area contributed by atoms with Crippen LogP contribution >= 0.6 is 62.3 Å². The van der Waals surface area contributed by atoms with Crippen molar-refractivity contribution in [2.45, 2.75) is 62.8 Å². The molecule has 1 fully saturated rings. The van der Waals surface area contributed by atoms with Gasteiger partial charge in [-0.05, 0) is 89.6 Å². The number of carbonyl (C=O) groups is 4. The Morgan fingerprint density at radius 3 is 2.10 bits per heavy atom. The molecular weight excluding hydrogens is 794 g/mol. The molecule has 2 atom stereocenters. The molecule has 1 aliphatic rings. The lowest BCUT2D eigenvalue weighted by molar-refractivity contribution is -0.117. The van der Waals surface area contributed by atoms with Crippen molar-refractivity contribution < 1.29 is 37.8 Å². The Balaban J connectivity index is 1.68. The van der Waals surface area contributed by atoms with Crippen molar-refractivity contribution in [3.8, 4) is 0 Å². The second-order valence-corrected chi connectivity index (χ2v) is 16.3. The number of nitrogens with zero attached hydrogens (tertiary/aromatic N) is 1. The van der Waals surface area contributed by atoms with Crippen molar-refractivity contribution in [1.82, 2.24) is 0 Å². The van der Waals surface area contributed by atoms with Gasteiger partial charge < -0.3 is 20.5 Å². The summed E-state index contributed by atoms with van der Waals surface area (Å²) in [6.07, 6.45) is -3.59. The van der Waals surface area contributed by atoms with Gasteiger partial charge in [-0.2, -0.15) is 4.90 Å². The van der Waals surface area contributed by atoms with Crippen LogP contribution in [0.25, 0.3) is 0 Å². The van der Waals surface area contributed by atoms with E-state index in [0.29, 0.717) is 15.1 Å². The lowest BCUT2D eigenvalue weighted by atomic mass is 9.85. The molecule has 49 heavy (non-hydrogen) atoms. The highest BCUT2D eigenvalue weighted by Crippen LogP contribution is 2.65. The van der Waals surface area contributed by atoms with Crippen LogP contribution in [0, 0.1) is 17.6 Å². The SMILES string of the molecule is CC(C)(C)OC(=O)N(C(=O)O)c1c(F)cc(C(C)(C)C)c(NC(=O)c2cc(NC(=O)[C@H]3[C@H](c4ccc(Cl)c(Br)c4)C3(Cl)Cl)ccc2Cl)c1F. The predicted octanol–water partition coefficient (Wildman–Crippen LogP) is 10.5. The molecule has 4 amide bonds. The molecule has 262 valence electrons. The van der Waals surface area contributed by atoms with Crippen molar-refractivity contribution in [3.05, 3.63) is 85.3 Å². The molecule has 0 aromatic heterocycles. The van der Waals surface area contributed by atoms with Crippen LogP contribution in [0.3, 0.4) is 0 Å². The second-order valence-electron chi connectivity index (χ2n) is 13.2. The molecule has 3 aromatic carbocycles. The molecule has 3 aromatic rings. The van der Waals surface area contributed by atoms with Crippen molar-refractivity contribution in [2.24, 2.45) is 5.92 Å². The van der Waals surface area contributed by atoms with Gasteiger partial charge in [-0.25, -0.2) is 18.4 Å². The molecule has 1 saturated carbocycles. The molecule has 0 unspecified atom stereocenters. The highest BCUT2D eigenvalue weighted by atomic mass is 79.9. The number of halogens is 7. The van der Waals surface area contributed by atoms with Gasteiger partial charge in [0, 0.05) is 16.1 Å². The summed E-state index contributed by atoms with van der Waals surface area (Å²) in [5.74, 6) is -5.95. The van der Waals surface area contributed by atoms with Crippen LogP contribution in [0.1, 0.15) is 68.9 Å². The first-order valence-electron chi connectivity index (χ1n) is 14.5. The molecule has 16 heteroatoms. The molecule has 9 nitrogen and oxygen atoms in total. The van der Waals surface area contributed by atoms with Gasteiger partial charge in [0.25, 0.3) is 5.91 Å². The number of carbonyl (C=O) groups excluding carboxylic acids is 3. The Bertz CT molecular complexity index is 1880. The minimum absolute atomic E-state index is 0.0658. The van der Waals surface area contributed by atoms with E-state index in [1.165, 1.54) is 39.0 Å². The van der Waals surface area contributed by atoms with Gasteiger partial charge in [0.2, 0.25) is 5.91 Å². The normalized spacial score (nSPS) is 16.8. The Morgan fingerprint density at radius 1 is 0.939 bits per heavy atom. The maximum Gasteiger partial charge on any atom is 0.424 e. The summed E-state index contributed by atoms with van der Waals surface area (Å²) >= 11 is 28.7. The molecule has 0 heterocycles. The summed E-state index contributed by atoms with van der Waals surface area (Å²) in [5, 5.41) is 15.1. The maximum absolute atomic E-state index is 16.3. The third kappa shape index (κ3) is 8.26. The number of imide groups is 1. The van der Waals surface area contributed by atoms with Crippen LogP contribution in [-0.4, -0.2) is 39.0 Å². The van der Waals surface area contributed by atoms with E-state index in [4.69, 9.17) is 51.1 Å². The largest absolute Gasteiger partial charge is 0.464 e. The second kappa shape index (κ2) is 13.9. The van der Waals surface area contributed by atoms with Crippen molar-refractivity contribution in [2.75, 3.05) is 15.5 Å². The van der Waals surface area contributed by atoms with Gasteiger partial charge in [-0.1, -0.05) is 50.0 Å². The van der Waals surface area contributed by atoms with E-state index in [9.17, 15) is 24.3 Å². The number of carboxylic acid groups (broad SMARTS) is 1. The fourth-order valence-corrected chi connectivity index (χ4v) is 6.60. The smallest absolute Gasteiger partial charge is 0.424 e. The molecule has 0 bridgehead atoms. The number of rotatable bonds is 6. The van der Waals surface area contributed by atoms with Crippen molar-refractivity contribution in [1.29, 1.82) is 0 Å². The quantitative estimate of drug-likeness (QED) is 0.213. The summed E-state index contributed by atoms with van der Waals surface area (Å²) in [5.41, 5.74) is -3.62. The van der Waals surface area contributed by atoms with Gasteiger partial charge in [-0.3, -0.25) is 9.59 Å². The molecule has 0 spiro atoms. The Kier molecular flexibility index (Phi) is 10.9. The van der Waals surface area contributed by atoms with Crippen LogP contribution in [0.15, 0.2) is 46.9 Å². The summed E-state index contributed by atoms with van der Waals surface area (Å²) < 4.78 is 35.9. The van der Waals surface area contributed by atoms with E-state index in [1.807, 2.05) is 0 Å². The molecular formula is C33H30BrCl4F2N3O6. The molecule has 1 aliphatic carbocycles. The molecule has 4 rings (SSSR count). The first-order chi connectivity index (χ1) is 22.5. The summed E-state index contributed by atoms with van der Waals surface area (Å²) in [6.45, 7) is 9.12. The number of ether oxygens (including phenoxy) is 1. The van der Waals surface area contributed by atoms with E-state index in [1.54, 1.807) is 39.0 Å². The van der Waals surface area contributed by atoms with Crippen LogP contribution in [0.2, 0.25) is 10.0 Å². The van der Waals surface area contributed by atoms with Crippen LogP contribution in [0.5, 0.6) is 0 Å². The summed E-state index contributed by atoms with van der Waals surface area (Å²) in [7, 11) is 0. The van der Waals surface area contributed by atoms with Crippen LogP contribution < -0.4 is 15.5 Å². The summed E-state index contributed by atoms with van der Waals surface area (Å²) in [6, 6.07) is 9.82. The van der Waals surface area contributed by atoms with Crippen molar-refractivity contribution >= 4 is 103 Å². The van der Waals surface area contributed by atoms with E-state index in [-0.39, 0.29) is 26.7 Å². The number of alkyl halides is 2. The van der Waals surface area contributed by atoms with Gasteiger partial charge in [0.15, 0.2) is 11.6 Å². The van der Waals surface area contributed by atoms with Gasteiger partial charge in [0.1, 0.15) is 15.6 Å². The molecule has 0 radical (unpaired) electrons. The number of anilines is 3. The zero-order valence-corrected chi connectivity index (χ0v) is 31.4. The van der Waals surface area contributed by atoms with E-state index in [2.05, 4.69) is 26.6 Å². The lowest BCUT2D eigenvalue weighted by Crippen LogP contribution is -2.41. The average Bonchev–Trinajstić information content (AvgIpc) is 3.54. The number of amides is 4. The zero-order chi connectivity index (χ0) is 37.0. The molecule has 0 saturated heterocycles. The summed E-state index contributed by atoms with van der Waals surface area (Å²) in [4.78, 5) is 51.5. The standard InChI is InChI=1S/C33H30BrCl4F2N3O6/c1-31(2,3)17-13-21(39)26(43(29(46)47)30(48)49-32(4,5)6)24(40)25(17)42-27(44)16-12-15(8-10-19(16)35)41-28(45)23-22(33(23,37)38)14-7-9-20(36)18(34)11-14/h7-13,22-23H,1-6H3,(H,41,45)(H,42,44)(H,46,47)/t22-,23+/m0/s1. The molecule has 3 N–H and O–H groups in total. The highest BCUT2D eigenvalue weighted by Gasteiger charge is 2.67. The van der Waals surface area contributed by atoms with Crippen molar-refractivity contribution in [3.63, 3.8) is 0 Å². The fourth-order valence-electron chi connectivity index (χ4n) is 5.05. The maximum atomic E-state index is 16.3. The number of hydrogen-bond donors (Lipinski definition) is 3. The predicted molar refractivity (Wildman–Crippen MR) is 190 cm³/mol. The third-order valence-corrected chi connectivity index (χ3v) is 9.83. The van der Waals surface area contributed by atoms with E-state index < -0.39 is 74.2 Å². The topological polar surface area (TPSA) is 125 Å². The van der Waals surface area contributed by atoms with Crippen LogP contribution in [-0.2, 0) is 14.9 Å². The highest BCUT2D eigenvalue weighted by molar-refractivity contribution is 9.10. The zero-order valence-electron chi connectivity index (χ0n) is 26.8.